The molecule has 5 nitrogen and oxygen atoms in total. The zero-order valence-corrected chi connectivity index (χ0v) is 15.1. The number of anilines is 1. The van der Waals surface area contributed by atoms with Crippen molar-refractivity contribution < 1.29 is 4.79 Å². The Hall–Kier alpha value is -2.43. The van der Waals surface area contributed by atoms with Gasteiger partial charge in [-0.15, -0.1) is 0 Å². The second kappa shape index (κ2) is 8.10. The second-order valence-electron chi connectivity index (χ2n) is 6.61. The molecule has 1 amide bonds. The lowest BCUT2D eigenvalue weighted by molar-refractivity contribution is -0.135. The Labute approximate surface area is 149 Å². The number of hydrogen-bond donors (Lipinski definition) is 0. The zero-order valence-electron chi connectivity index (χ0n) is 15.1. The Balaban J connectivity index is 1.64. The molecule has 1 fully saturated rings. The first-order chi connectivity index (χ1) is 12.2. The molecule has 1 saturated heterocycles. The molecule has 0 aliphatic carbocycles. The summed E-state index contributed by atoms with van der Waals surface area (Å²) in [5.74, 6) is 2.09. The highest BCUT2D eigenvalue weighted by Gasteiger charge is 2.25. The van der Waals surface area contributed by atoms with Crippen LogP contribution < -0.4 is 4.90 Å². The molecule has 5 heteroatoms. The van der Waals surface area contributed by atoms with Gasteiger partial charge in [0.2, 0.25) is 5.91 Å². The number of carbonyl (C=O) groups excluding carboxylic acids is 1. The molecular weight excluding hydrogens is 312 g/mol. The molecule has 132 valence electrons. The van der Waals surface area contributed by atoms with Crippen LogP contribution in [0.1, 0.15) is 26.7 Å². The number of amides is 1. The molecule has 0 saturated carbocycles. The van der Waals surface area contributed by atoms with Crippen molar-refractivity contribution in [2.24, 2.45) is 5.92 Å². The molecule has 3 rings (SSSR count). The van der Waals surface area contributed by atoms with E-state index in [0.29, 0.717) is 0 Å². The van der Waals surface area contributed by atoms with Crippen molar-refractivity contribution in [1.82, 2.24) is 14.9 Å². The summed E-state index contributed by atoms with van der Waals surface area (Å²) in [6, 6.07) is 12.0. The van der Waals surface area contributed by atoms with Crippen molar-refractivity contribution in [2.75, 3.05) is 31.1 Å². The van der Waals surface area contributed by atoms with Gasteiger partial charge in [-0.3, -0.25) is 4.79 Å². The van der Waals surface area contributed by atoms with E-state index in [4.69, 9.17) is 4.98 Å². The maximum atomic E-state index is 12.5. The minimum atomic E-state index is 0.125. The van der Waals surface area contributed by atoms with Gasteiger partial charge in [0.1, 0.15) is 5.82 Å². The standard InChI is InChI=1S/C20H26N4O/c1-3-7-16(2)20(25)24-14-12-23(13-15-24)18-10-11-21-19(22-18)17-8-5-4-6-9-17/h4-6,8-11,16H,3,7,12-15H2,1-2H3/t16-/m0/s1. The molecule has 1 aliphatic rings. The first-order valence-electron chi connectivity index (χ1n) is 9.11. The molecule has 0 N–H and O–H groups in total. The lowest BCUT2D eigenvalue weighted by Crippen LogP contribution is -2.50. The third kappa shape index (κ3) is 4.16. The summed E-state index contributed by atoms with van der Waals surface area (Å²) in [6.45, 7) is 7.32. The maximum Gasteiger partial charge on any atom is 0.225 e. The van der Waals surface area contributed by atoms with Gasteiger partial charge in [-0.05, 0) is 12.5 Å². The number of benzene rings is 1. The van der Waals surface area contributed by atoms with Crippen molar-refractivity contribution in [3.8, 4) is 11.4 Å². The Morgan fingerprint density at radius 1 is 1.12 bits per heavy atom. The molecule has 1 aliphatic heterocycles. The van der Waals surface area contributed by atoms with Crippen LogP contribution in [0.4, 0.5) is 5.82 Å². The molecule has 0 radical (unpaired) electrons. The monoisotopic (exact) mass is 338 g/mol. The van der Waals surface area contributed by atoms with Gasteiger partial charge in [-0.1, -0.05) is 50.6 Å². The summed E-state index contributed by atoms with van der Waals surface area (Å²) in [5.41, 5.74) is 1.02. The van der Waals surface area contributed by atoms with Crippen molar-refractivity contribution >= 4 is 11.7 Å². The van der Waals surface area contributed by atoms with Gasteiger partial charge in [0.15, 0.2) is 5.82 Å². The minimum Gasteiger partial charge on any atom is -0.353 e. The first-order valence-corrected chi connectivity index (χ1v) is 9.11. The third-order valence-electron chi connectivity index (χ3n) is 4.73. The minimum absolute atomic E-state index is 0.125. The topological polar surface area (TPSA) is 49.3 Å². The van der Waals surface area contributed by atoms with E-state index in [1.54, 1.807) is 0 Å². The Bertz CT molecular complexity index is 696. The fourth-order valence-corrected chi connectivity index (χ4v) is 3.28. The Kier molecular flexibility index (Phi) is 5.64. The molecule has 1 atom stereocenters. The van der Waals surface area contributed by atoms with Gasteiger partial charge in [0.25, 0.3) is 0 Å². The Morgan fingerprint density at radius 3 is 2.52 bits per heavy atom. The summed E-state index contributed by atoms with van der Waals surface area (Å²) < 4.78 is 0. The highest BCUT2D eigenvalue weighted by molar-refractivity contribution is 5.78. The lowest BCUT2D eigenvalue weighted by Gasteiger charge is -2.36. The molecule has 1 aromatic heterocycles. The molecule has 0 bridgehead atoms. The van der Waals surface area contributed by atoms with Crippen LogP contribution in [0.3, 0.4) is 0 Å². The molecular formula is C20H26N4O. The first kappa shape index (κ1) is 17.4. The van der Waals surface area contributed by atoms with Crippen molar-refractivity contribution in [1.29, 1.82) is 0 Å². The quantitative estimate of drug-likeness (QED) is 0.840. The smallest absolute Gasteiger partial charge is 0.225 e. The lowest BCUT2D eigenvalue weighted by atomic mass is 10.0. The van der Waals surface area contributed by atoms with Gasteiger partial charge in [-0.25, -0.2) is 9.97 Å². The van der Waals surface area contributed by atoms with Crippen LogP contribution in [-0.2, 0) is 4.79 Å². The number of carbonyl (C=O) groups is 1. The highest BCUT2D eigenvalue weighted by Crippen LogP contribution is 2.20. The molecule has 25 heavy (non-hydrogen) atoms. The molecule has 0 spiro atoms. The van der Waals surface area contributed by atoms with E-state index in [1.165, 1.54) is 0 Å². The largest absolute Gasteiger partial charge is 0.353 e. The fourth-order valence-electron chi connectivity index (χ4n) is 3.28. The Morgan fingerprint density at radius 2 is 1.84 bits per heavy atom. The maximum absolute atomic E-state index is 12.5. The van der Waals surface area contributed by atoms with E-state index in [9.17, 15) is 4.79 Å². The van der Waals surface area contributed by atoms with Gasteiger partial charge >= 0.3 is 0 Å². The summed E-state index contributed by atoms with van der Waals surface area (Å²) >= 11 is 0. The number of rotatable bonds is 5. The number of nitrogens with zero attached hydrogens (tertiary/aromatic N) is 4. The summed E-state index contributed by atoms with van der Waals surface area (Å²) in [6.07, 6.45) is 3.83. The van der Waals surface area contributed by atoms with E-state index < -0.39 is 0 Å². The van der Waals surface area contributed by atoms with Crippen LogP contribution in [-0.4, -0.2) is 47.0 Å². The zero-order chi connectivity index (χ0) is 17.6. The van der Waals surface area contributed by atoms with Crippen LogP contribution in [0.25, 0.3) is 11.4 Å². The highest BCUT2D eigenvalue weighted by atomic mass is 16.2. The van der Waals surface area contributed by atoms with E-state index in [0.717, 1.165) is 56.2 Å². The molecule has 0 unspecified atom stereocenters. The SMILES string of the molecule is CCC[C@H](C)C(=O)N1CCN(c2ccnc(-c3ccccc3)n2)CC1. The van der Waals surface area contributed by atoms with Crippen LogP contribution in [0.5, 0.6) is 0 Å². The molecule has 2 heterocycles. The molecule has 1 aromatic carbocycles. The van der Waals surface area contributed by atoms with Crippen LogP contribution in [0, 0.1) is 5.92 Å². The van der Waals surface area contributed by atoms with E-state index in [1.807, 2.05) is 54.4 Å². The van der Waals surface area contributed by atoms with E-state index in [-0.39, 0.29) is 11.8 Å². The fraction of sp³-hybridized carbons (Fsp3) is 0.450. The summed E-state index contributed by atoms with van der Waals surface area (Å²) in [7, 11) is 0. The van der Waals surface area contributed by atoms with Crippen molar-refractivity contribution in [2.45, 2.75) is 26.7 Å². The van der Waals surface area contributed by atoms with Crippen molar-refractivity contribution in [3.05, 3.63) is 42.6 Å². The van der Waals surface area contributed by atoms with Gasteiger partial charge in [-0.2, -0.15) is 0 Å². The third-order valence-corrected chi connectivity index (χ3v) is 4.73. The van der Waals surface area contributed by atoms with Crippen molar-refractivity contribution in [3.63, 3.8) is 0 Å². The number of aromatic nitrogens is 2. The van der Waals surface area contributed by atoms with E-state index in [2.05, 4.69) is 16.8 Å². The normalized spacial score (nSPS) is 15.9. The van der Waals surface area contributed by atoms with Gasteiger partial charge in [0.05, 0.1) is 0 Å². The van der Waals surface area contributed by atoms with Crippen LogP contribution in [0.2, 0.25) is 0 Å². The average molecular weight is 338 g/mol. The molecule has 2 aromatic rings. The van der Waals surface area contributed by atoms with Gasteiger partial charge in [0, 0.05) is 43.9 Å². The average Bonchev–Trinajstić information content (AvgIpc) is 2.68. The van der Waals surface area contributed by atoms with Crippen LogP contribution in [0.15, 0.2) is 42.6 Å². The summed E-state index contributed by atoms with van der Waals surface area (Å²) in [4.78, 5) is 25.8. The predicted molar refractivity (Wildman–Crippen MR) is 100 cm³/mol. The van der Waals surface area contributed by atoms with Gasteiger partial charge < -0.3 is 9.80 Å². The summed E-state index contributed by atoms with van der Waals surface area (Å²) in [5, 5.41) is 0. The predicted octanol–water partition coefficient (Wildman–Crippen LogP) is 3.23. The number of hydrogen-bond acceptors (Lipinski definition) is 4. The van der Waals surface area contributed by atoms with Crippen LogP contribution >= 0.6 is 0 Å². The number of piperazine rings is 1. The van der Waals surface area contributed by atoms with E-state index >= 15 is 0 Å². The second-order valence-corrected chi connectivity index (χ2v) is 6.61.